The number of fused-ring (bicyclic) bond motifs is 1. The first kappa shape index (κ1) is 27.1. The van der Waals surface area contributed by atoms with Crippen molar-refractivity contribution in [3.63, 3.8) is 0 Å². The third-order valence-corrected chi connectivity index (χ3v) is 9.69. The highest BCUT2D eigenvalue weighted by Crippen LogP contribution is 2.41. The highest BCUT2D eigenvalue weighted by Gasteiger charge is 2.36. The number of amides is 1. The summed E-state index contributed by atoms with van der Waals surface area (Å²) in [6.07, 6.45) is 1.17. The topological polar surface area (TPSA) is 66.9 Å². The van der Waals surface area contributed by atoms with Crippen LogP contribution >= 0.6 is 34.5 Å². The molecule has 6 nitrogen and oxygen atoms in total. The Morgan fingerprint density at radius 1 is 1.14 bits per heavy atom. The van der Waals surface area contributed by atoms with E-state index in [0.717, 1.165) is 16.7 Å². The Morgan fingerprint density at radius 2 is 1.89 bits per heavy atom. The molecule has 1 amide bonds. The largest absolute Gasteiger partial charge is 0.385 e. The van der Waals surface area contributed by atoms with Gasteiger partial charge in [0.25, 0.3) is 0 Å². The van der Waals surface area contributed by atoms with E-state index in [2.05, 4.69) is 0 Å². The van der Waals surface area contributed by atoms with Crippen molar-refractivity contribution in [1.82, 2.24) is 9.21 Å². The summed E-state index contributed by atoms with van der Waals surface area (Å²) in [7, 11) is -2.32. The molecule has 1 aromatic heterocycles. The normalized spacial score (nSPS) is 15.8. The number of hydrogen-bond acceptors (Lipinski definition) is 5. The number of methoxy groups -OCH3 is 1. The fraction of sp³-hybridized carbons (Fsp3) is 0.346. The lowest BCUT2D eigenvalue weighted by atomic mass is 9.93. The van der Waals surface area contributed by atoms with Gasteiger partial charge in [0.2, 0.25) is 15.9 Å². The molecule has 36 heavy (non-hydrogen) atoms. The maximum atomic E-state index is 13.8. The number of aryl methyl sites for hydroxylation is 1. The first-order valence-electron chi connectivity index (χ1n) is 11.6. The second-order valence-electron chi connectivity index (χ2n) is 8.70. The molecule has 2 heterocycles. The molecule has 0 saturated carbocycles. The Labute approximate surface area is 226 Å². The van der Waals surface area contributed by atoms with Gasteiger partial charge in [-0.25, -0.2) is 8.42 Å². The Balaban J connectivity index is 1.67. The smallest absolute Gasteiger partial charge is 0.243 e. The zero-order valence-corrected chi connectivity index (χ0v) is 23.3. The Kier molecular flexibility index (Phi) is 8.75. The number of nitrogens with zero attached hydrogens (tertiary/aromatic N) is 2. The molecule has 0 saturated heterocycles. The summed E-state index contributed by atoms with van der Waals surface area (Å²) in [5, 5.41) is 2.99. The molecule has 0 N–H and O–H groups in total. The van der Waals surface area contributed by atoms with Gasteiger partial charge in [-0.05, 0) is 66.6 Å². The van der Waals surface area contributed by atoms with E-state index in [4.69, 9.17) is 27.9 Å². The van der Waals surface area contributed by atoms with Crippen LogP contribution < -0.4 is 0 Å². The third-order valence-electron chi connectivity index (χ3n) is 6.27. The molecule has 1 aliphatic heterocycles. The van der Waals surface area contributed by atoms with Crippen LogP contribution in [0.3, 0.4) is 0 Å². The van der Waals surface area contributed by atoms with Crippen molar-refractivity contribution in [1.29, 1.82) is 0 Å². The monoisotopic (exact) mass is 566 g/mol. The van der Waals surface area contributed by atoms with E-state index in [1.807, 2.05) is 24.4 Å². The van der Waals surface area contributed by atoms with Gasteiger partial charge in [-0.15, -0.1) is 11.3 Å². The molecule has 1 unspecified atom stereocenters. The summed E-state index contributed by atoms with van der Waals surface area (Å²) in [4.78, 5) is 16.9. The van der Waals surface area contributed by atoms with Crippen molar-refractivity contribution < 1.29 is 17.9 Å². The molecule has 4 rings (SSSR count). The van der Waals surface area contributed by atoms with Crippen LogP contribution in [0, 0.1) is 6.92 Å². The number of hydrogen-bond donors (Lipinski definition) is 0. The van der Waals surface area contributed by atoms with Crippen molar-refractivity contribution in [2.24, 2.45) is 0 Å². The van der Waals surface area contributed by atoms with Crippen LogP contribution in [0.4, 0.5) is 0 Å². The molecule has 3 aromatic rings. The molecule has 0 aliphatic carbocycles. The molecule has 192 valence electrons. The Hall–Kier alpha value is -1.94. The number of ether oxygens (including phenoxy) is 1. The molecular weight excluding hydrogens is 539 g/mol. The number of sulfonamides is 1. The summed E-state index contributed by atoms with van der Waals surface area (Å²) in [5.74, 6) is -0.282. The van der Waals surface area contributed by atoms with Crippen LogP contribution in [0.15, 0.2) is 58.8 Å². The van der Waals surface area contributed by atoms with E-state index in [9.17, 15) is 13.2 Å². The van der Waals surface area contributed by atoms with Crippen LogP contribution in [-0.2, 0) is 26.0 Å². The molecule has 1 atom stereocenters. The summed E-state index contributed by atoms with van der Waals surface area (Å²) < 4.78 is 33.5. The zero-order chi connectivity index (χ0) is 25.9. The van der Waals surface area contributed by atoms with Gasteiger partial charge in [0, 0.05) is 41.7 Å². The van der Waals surface area contributed by atoms with Crippen molar-refractivity contribution in [3.05, 3.63) is 85.5 Å². The summed E-state index contributed by atoms with van der Waals surface area (Å²) in [6.45, 7) is 2.64. The standard InChI is InChI=1S/C26H28Cl2N2O4S2/c1-18-4-7-20(8-5-18)36(32,33)29(12-3-14-34-2)17-25(31)30-13-10-24-22(11-15-35-24)26(30)21-9-6-19(27)16-23(21)28/h4-9,11,15-16,26H,3,10,12-14,17H2,1-2H3. The van der Waals surface area contributed by atoms with E-state index >= 15 is 0 Å². The highest BCUT2D eigenvalue weighted by molar-refractivity contribution is 7.89. The van der Waals surface area contributed by atoms with Crippen molar-refractivity contribution in [2.45, 2.75) is 30.7 Å². The van der Waals surface area contributed by atoms with Gasteiger partial charge >= 0.3 is 0 Å². The lowest BCUT2D eigenvalue weighted by molar-refractivity contribution is -0.133. The van der Waals surface area contributed by atoms with Gasteiger partial charge in [-0.2, -0.15) is 4.31 Å². The van der Waals surface area contributed by atoms with Gasteiger partial charge in [0.1, 0.15) is 0 Å². The molecule has 0 bridgehead atoms. The lowest BCUT2D eigenvalue weighted by Gasteiger charge is -2.37. The Morgan fingerprint density at radius 3 is 2.58 bits per heavy atom. The molecule has 2 aromatic carbocycles. The van der Waals surface area contributed by atoms with E-state index < -0.39 is 16.1 Å². The van der Waals surface area contributed by atoms with Crippen LogP contribution in [-0.4, -0.2) is 56.9 Å². The summed E-state index contributed by atoms with van der Waals surface area (Å²) in [5.41, 5.74) is 2.73. The first-order valence-corrected chi connectivity index (χ1v) is 14.7. The van der Waals surface area contributed by atoms with E-state index in [0.29, 0.717) is 36.0 Å². The maximum Gasteiger partial charge on any atom is 0.243 e. The SMILES string of the molecule is COCCCN(CC(=O)N1CCc2sccc2C1c1ccc(Cl)cc1Cl)S(=O)(=O)c1ccc(C)cc1. The Bertz CT molecular complexity index is 1330. The molecule has 0 radical (unpaired) electrons. The first-order chi connectivity index (χ1) is 17.2. The zero-order valence-electron chi connectivity index (χ0n) is 20.1. The van der Waals surface area contributed by atoms with Crippen LogP contribution in [0.25, 0.3) is 0 Å². The van der Waals surface area contributed by atoms with E-state index in [1.54, 1.807) is 59.7 Å². The fourth-order valence-electron chi connectivity index (χ4n) is 4.41. The predicted octanol–water partition coefficient (Wildman–Crippen LogP) is 5.56. The predicted molar refractivity (Wildman–Crippen MR) is 144 cm³/mol. The number of thiophene rings is 1. The van der Waals surface area contributed by atoms with Gasteiger partial charge in [-0.3, -0.25) is 4.79 Å². The van der Waals surface area contributed by atoms with Crippen molar-refractivity contribution in [2.75, 3.05) is 33.4 Å². The second-order valence-corrected chi connectivity index (χ2v) is 12.5. The van der Waals surface area contributed by atoms with E-state index in [1.165, 1.54) is 9.18 Å². The molecule has 0 spiro atoms. The van der Waals surface area contributed by atoms with Crippen molar-refractivity contribution >= 4 is 50.5 Å². The average molecular weight is 568 g/mol. The van der Waals surface area contributed by atoms with Crippen LogP contribution in [0.2, 0.25) is 10.0 Å². The number of benzene rings is 2. The number of rotatable bonds is 9. The second kappa shape index (κ2) is 11.6. The van der Waals surface area contributed by atoms with Crippen LogP contribution in [0.1, 0.15) is 34.0 Å². The van der Waals surface area contributed by atoms with Crippen LogP contribution in [0.5, 0.6) is 0 Å². The van der Waals surface area contributed by atoms with Gasteiger partial charge in [0.05, 0.1) is 17.5 Å². The fourth-order valence-corrected chi connectivity index (χ4v) is 7.26. The minimum Gasteiger partial charge on any atom is -0.385 e. The average Bonchev–Trinajstić information content (AvgIpc) is 3.32. The van der Waals surface area contributed by atoms with E-state index in [-0.39, 0.29) is 23.9 Å². The summed E-state index contributed by atoms with van der Waals surface area (Å²) in [6, 6.07) is 13.5. The number of carbonyl (C=O) groups excluding carboxylic acids is 1. The summed E-state index contributed by atoms with van der Waals surface area (Å²) >= 11 is 14.4. The van der Waals surface area contributed by atoms with Gasteiger partial charge in [-0.1, -0.05) is 47.0 Å². The highest BCUT2D eigenvalue weighted by atomic mass is 35.5. The third kappa shape index (κ3) is 5.79. The van der Waals surface area contributed by atoms with Crippen molar-refractivity contribution in [3.8, 4) is 0 Å². The molecule has 1 aliphatic rings. The number of carbonyl (C=O) groups is 1. The minimum absolute atomic E-state index is 0.161. The van der Waals surface area contributed by atoms with Gasteiger partial charge < -0.3 is 9.64 Å². The van der Waals surface area contributed by atoms with Gasteiger partial charge in [0.15, 0.2) is 0 Å². The number of halogens is 2. The molecule has 0 fully saturated rings. The molecule has 10 heteroatoms. The quantitative estimate of drug-likeness (QED) is 0.318. The lowest BCUT2D eigenvalue weighted by Crippen LogP contribution is -2.47. The molecular formula is C26H28Cl2N2O4S2. The minimum atomic E-state index is -3.89. The maximum absolute atomic E-state index is 13.8.